The second-order valence-electron chi connectivity index (χ2n) is 7.43. The standard InChI is InChI=1S/C24H28N4O2S2/c1-26(2)25-15-20(21(29)16-27(3)23(31)18-11-7-5-8-12-18)22(30)17-28(4)24(32)19-13-9-6-10-14-19/h5-15,29H,16-17H2,1-4H3. The van der Waals surface area contributed by atoms with E-state index in [0.717, 1.165) is 11.1 Å². The maximum absolute atomic E-state index is 13.1. The van der Waals surface area contributed by atoms with Gasteiger partial charge in [0.25, 0.3) is 0 Å². The van der Waals surface area contributed by atoms with E-state index in [1.165, 1.54) is 6.21 Å². The van der Waals surface area contributed by atoms with Crippen LogP contribution < -0.4 is 0 Å². The molecule has 6 nitrogen and oxygen atoms in total. The lowest BCUT2D eigenvalue weighted by molar-refractivity contribution is -0.115. The fourth-order valence-corrected chi connectivity index (χ4v) is 3.24. The molecule has 2 aromatic rings. The van der Waals surface area contributed by atoms with Crippen molar-refractivity contribution in [3.8, 4) is 0 Å². The molecule has 0 saturated carbocycles. The van der Waals surface area contributed by atoms with Crippen molar-refractivity contribution in [3.63, 3.8) is 0 Å². The molecule has 0 radical (unpaired) electrons. The first-order valence-electron chi connectivity index (χ1n) is 9.98. The molecule has 0 atom stereocenters. The molecule has 0 aliphatic heterocycles. The molecule has 2 aromatic carbocycles. The Hall–Kier alpha value is -3.10. The Morgan fingerprint density at radius 3 is 1.72 bits per heavy atom. The molecule has 0 fully saturated rings. The van der Waals surface area contributed by atoms with Crippen LogP contribution in [0.2, 0.25) is 0 Å². The van der Waals surface area contributed by atoms with Gasteiger partial charge in [0.2, 0.25) is 0 Å². The number of hydrogen-bond acceptors (Lipinski definition) is 6. The van der Waals surface area contributed by atoms with E-state index >= 15 is 0 Å². The zero-order chi connectivity index (χ0) is 23.7. The third kappa shape index (κ3) is 7.25. The smallest absolute Gasteiger partial charge is 0.187 e. The van der Waals surface area contributed by atoms with Crippen LogP contribution in [0.25, 0.3) is 0 Å². The van der Waals surface area contributed by atoms with Gasteiger partial charge in [-0.15, -0.1) is 0 Å². The zero-order valence-electron chi connectivity index (χ0n) is 18.7. The molecule has 2 rings (SSSR count). The average molecular weight is 469 g/mol. The van der Waals surface area contributed by atoms with Gasteiger partial charge < -0.3 is 19.9 Å². The van der Waals surface area contributed by atoms with Gasteiger partial charge in [-0.2, -0.15) is 5.10 Å². The summed E-state index contributed by atoms with van der Waals surface area (Å²) in [5.74, 6) is -0.409. The molecule has 0 aromatic heterocycles. The summed E-state index contributed by atoms with van der Waals surface area (Å²) >= 11 is 11.0. The summed E-state index contributed by atoms with van der Waals surface area (Å²) in [5.41, 5.74) is 1.83. The van der Waals surface area contributed by atoms with Gasteiger partial charge in [0, 0.05) is 39.3 Å². The summed E-state index contributed by atoms with van der Waals surface area (Å²) in [5, 5.41) is 16.5. The molecule has 1 N–H and O–H groups in total. The second-order valence-corrected chi connectivity index (χ2v) is 8.20. The lowest BCUT2D eigenvalue weighted by Crippen LogP contribution is -2.34. The van der Waals surface area contributed by atoms with E-state index in [4.69, 9.17) is 24.4 Å². The number of thiocarbonyl (C=S) groups is 2. The van der Waals surface area contributed by atoms with Gasteiger partial charge in [-0.3, -0.25) is 4.79 Å². The molecule has 0 saturated heterocycles. The Balaban J connectivity index is 2.21. The number of aliphatic hydroxyl groups is 1. The molecular weight excluding hydrogens is 440 g/mol. The van der Waals surface area contributed by atoms with E-state index in [2.05, 4.69) is 5.10 Å². The van der Waals surface area contributed by atoms with Crippen LogP contribution in [0.3, 0.4) is 0 Å². The van der Waals surface area contributed by atoms with Crippen molar-refractivity contribution in [2.75, 3.05) is 41.3 Å². The molecule has 168 valence electrons. The van der Waals surface area contributed by atoms with Crippen LogP contribution in [-0.2, 0) is 4.79 Å². The average Bonchev–Trinajstić information content (AvgIpc) is 2.78. The number of nitrogens with zero attached hydrogens (tertiary/aromatic N) is 4. The first-order chi connectivity index (χ1) is 15.2. The van der Waals surface area contributed by atoms with Crippen LogP contribution in [0.5, 0.6) is 0 Å². The molecule has 0 aliphatic rings. The summed E-state index contributed by atoms with van der Waals surface area (Å²) in [7, 11) is 7.00. The number of aliphatic hydroxyl groups excluding tert-OH is 1. The number of carbonyl (C=O) groups is 1. The monoisotopic (exact) mass is 468 g/mol. The molecule has 0 aliphatic carbocycles. The van der Waals surface area contributed by atoms with Crippen LogP contribution in [0, 0.1) is 0 Å². The van der Waals surface area contributed by atoms with Gasteiger partial charge in [0.1, 0.15) is 15.7 Å². The van der Waals surface area contributed by atoms with Crippen molar-refractivity contribution in [2.24, 2.45) is 5.10 Å². The van der Waals surface area contributed by atoms with Crippen LogP contribution in [0.4, 0.5) is 0 Å². The first-order valence-corrected chi connectivity index (χ1v) is 10.8. The Bertz CT molecular complexity index is 1010. The van der Waals surface area contributed by atoms with Gasteiger partial charge in [-0.05, 0) is 0 Å². The van der Waals surface area contributed by atoms with E-state index in [9.17, 15) is 9.90 Å². The predicted octanol–water partition coefficient (Wildman–Crippen LogP) is 3.53. The summed E-state index contributed by atoms with van der Waals surface area (Å²) in [4.78, 5) is 17.6. The number of hydrogen-bond donors (Lipinski definition) is 1. The van der Waals surface area contributed by atoms with Crippen molar-refractivity contribution >= 4 is 46.4 Å². The van der Waals surface area contributed by atoms with Gasteiger partial charge in [0.15, 0.2) is 5.78 Å². The van der Waals surface area contributed by atoms with Crippen molar-refractivity contribution in [3.05, 3.63) is 83.1 Å². The molecule has 0 unspecified atom stereocenters. The molecule has 0 bridgehead atoms. The maximum atomic E-state index is 13.1. The largest absolute Gasteiger partial charge is 0.510 e. The number of Topliss-reactive ketones (excluding diaryl/α,β-unsaturated/α-hetero) is 1. The van der Waals surface area contributed by atoms with Gasteiger partial charge in [-0.1, -0.05) is 85.1 Å². The number of ketones is 1. The predicted molar refractivity (Wildman–Crippen MR) is 138 cm³/mol. The number of carbonyl (C=O) groups excluding carboxylic acids is 1. The SMILES string of the molecule is CN(C)N=CC(C(=O)CN(C)C(=S)c1ccccc1)=C(O)CN(C)C(=S)c1ccccc1. The van der Waals surface area contributed by atoms with Crippen molar-refractivity contribution in [1.29, 1.82) is 0 Å². The summed E-state index contributed by atoms with van der Waals surface area (Å²) in [6.45, 7) is 0.0700. The van der Waals surface area contributed by atoms with E-state index in [-0.39, 0.29) is 30.2 Å². The third-order valence-electron chi connectivity index (χ3n) is 4.53. The van der Waals surface area contributed by atoms with Crippen LogP contribution in [0.1, 0.15) is 11.1 Å². The molecule has 32 heavy (non-hydrogen) atoms. The Kier molecular flexibility index (Phi) is 9.49. The summed E-state index contributed by atoms with van der Waals surface area (Å²) in [6, 6.07) is 19.0. The molecule has 0 spiro atoms. The van der Waals surface area contributed by atoms with Crippen molar-refractivity contribution < 1.29 is 9.90 Å². The Labute approximate surface area is 200 Å². The fourth-order valence-electron chi connectivity index (χ4n) is 2.84. The maximum Gasteiger partial charge on any atom is 0.187 e. The van der Waals surface area contributed by atoms with Gasteiger partial charge in [-0.25, -0.2) is 0 Å². The highest BCUT2D eigenvalue weighted by Gasteiger charge is 2.20. The van der Waals surface area contributed by atoms with E-state index in [0.29, 0.717) is 9.98 Å². The highest BCUT2D eigenvalue weighted by molar-refractivity contribution is 7.80. The summed E-state index contributed by atoms with van der Waals surface area (Å²) < 4.78 is 0. The zero-order valence-corrected chi connectivity index (χ0v) is 20.4. The van der Waals surface area contributed by atoms with Crippen molar-refractivity contribution in [1.82, 2.24) is 14.8 Å². The topological polar surface area (TPSA) is 59.4 Å². The number of hydrazone groups is 1. The van der Waals surface area contributed by atoms with E-state index < -0.39 is 0 Å². The van der Waals surface area contributed by atoms with Gasteiger partial charge in [0.05, 0.1) is 24.9 Å². The highest BCUT2D eigenvalue weighted by atomic mass is 32.1. The minimum Gasteiger partial charge on any atom is -0.510 e. The van der Waals surface area contributed by atoms with Gasteiger partial charge >= 0.3 is 0 Å². The number of benzene rings is 2. The van der Waals surface area contributed by atoms with Crippen molar-refractivity contribution in [2.45, 2.75) is 0 Å². The molecule has 8 heteroatoms. The normalized spacial score (nSPS) is 11.6. The molecule has 0 heterocycles. The van der Waals surface area contributed by atoms with Crippen LogP contribution in [0.15, 0.2) is 77.1 Å². The Morgan fingerprint density at radius 1 is 0.844 bits per heavy atom. The minimum atomic E-state index is -0.298. The third-order valence-corrected chi connectivity index (χ3v) is 5.63. The number of likely N-dealkylation sites (N-methyl/N-ethyl adjacent to an activating group) is 2. The van der Waals surface area contributed by atoms with E-state index in [1.807, 2.05) is 60.7 Å². The highest BCUT2D eigenvalue weighted by Crippen LogP contribution is 2.11. The molecule has 0 amide bonds. The number of rotatable bonds is 9. The quantitative estimate of drug-likeness (QED) is 0.199. The second kappa shape index (κ2) is 12.1. The van der Waals surface area contributed by atoms with Crippen LogP contribution >= 0.6 is 24.4 Å². The van der Waals surface area contributed by atoms with Crippen LogP contribution in [-0.4, -0.2) is 83.2 Å². The fraction of sp³-hybridized carbons (Fsp3) is 0.250. The Morgan fingerprint density at radius 2 is 1.28 bits per heavy atom. The lowest BCUT2D eigenvalue weighted by atomic mass is 10.1. The summed E-state index contributed by atoms with van der Waals surface area (Å²) in [6.07, 6.45) is 1.37. The minimum absolute atomic E-state index is 0.000580. The molecular formula is C24H28N4O2S2. The van der Waals surface area contributed by atoms with E-state index in [1.54, 1.807) is 43.0 Å². The lowest BCUT2D eigenvalue weighted by Gasteiger charge is -2.22. The first kappa shape index (κ1) is 25.2.